The van der Waals surface area contributed by atoms with Crippen molar-refractivity contribution < 1.29 is 38.3 Å². The minimum atomic E-state index is -0.494. The minimum Gasteiger partial charge on any atom is -1.00 e. The highest BCUT2D eigenvalue weighted by molar-refractivity contribution is 5.31. The summed E-state index contributed by atoms with van der Waals surface area (Å²) in [5.74, 6) is 0.809. The third-order valence-electron chi connectivity index (χ3n) is 4.38. The number of rotatable bonds is 9. The van der Waals surface area contributed by atoms with E-state index >= 15 is 0 Å². The van der Waals surface area contributed by atoms with Crippen molar-refractivity contribution in [3.8, 4) is 5.75 Å². The maximum atomic E-state index is 10.2. The maximum Gasteiger partial charge on any atom is 0.137 e. The number of quaternary nitrogens is 1. The molecule has 1 atom stereocenters. The lowest BCUT2D eigenvalue weighted by atomic mass is 9.72. The van der Waals surface area contributed by atoms with Crippen molar-refractivity contribution in [2.75, 3.05) is 33.8 Å². The molecule has 4 heteroatoms. The summed E-state index contributed by atoms with van der Waals surface area (Å²) in [6, 6.07) is 8.31. The van der Waals surface area contributed by atoms with Crippen LogP contribution < -0.4 is 28.7 Å². The molecule has 0 heterocycles. The molecule has 1 aromatic rings. The van der Waals surface area contributed by atoms with Crippen LogP contribution in [0.25, 0.3) is 0 Å². The van der Waals surface area contributed by atoms with Crippen molar-refractivity contribution in [2.24, 2.45) is 5.41 Å². The molecule has 0 radical (unpaired) electrons. The first-order chi connectivity index (χ1) is 11.3. The van der Waals surface area contributed by atoms with Gasteiger partial charge in [-0.15, -0.1) is 0 Å². The predicted octanol–water partition coefficient (Wildman–Crippen LogP) is 1.41. The zero-order valence-electron chi connectivity index (χ0n) is 17.7. The van der Waals surface area contributed by atoms with Crippen molar-refractivity contribution in [3.05, 3.63) is 42.5 Å². The van der Waals surface area contributed by atoms with Crippen molar-refractivity contribution in [3.63, 3.8) is 0 Å². The topological polar surface area (TPSA) is 29.5 Å². The fourth-order valence-corrected chi connectivity index (χ4v) is 3.67. The van der Waals surface area contributed by atoms with E-state index in [0.29, 0.717) is 23.0 Å². The Morgan fingerprint density at radius 3 is 2.12 bits per heavy atom. The fourth-order valence-electron chi connectivity index (χ4n) is 3.67. The molecule has 1 aromatic carbocycles. The molecule has 0 spiro atoms. The SMILES string of the molecule is C=CC[N+](C)(C)CC(O)COc1ccc(C(C)(C)CC(C)(C)C)cc1.[I-]. The molecule has 0 amide bonds. The highest BCUT2D eigenvalue weighted by atomic mass is 127. The molecule has 1 unspecified atom stereocenters. The zero-order chi connectivity index (χ0) is 19.3. The Bertz CT molecular complexity index is 544. The average Bonchev–Trinajstić information content (AvgIpc) is 2.42. The van der Waals surface area contributed by atoms with E-state index in [1.807, 2.05) is 18.2 Å². The van der Waals surface area contributed by atoms with E-state index in [2.05, 4.69) is 67.4 Å². The van der Waals surface area contributed by atoms with Gasteiger partial charge in [0.25, 0.3) is 0 Å². The number of aliphatic hydroxyl groups excluding tert-OH is 1. The van der Waals surface area contributed by atoms with Crippen LogP contribution in [0.1, 0.15) is 46.6 Å². The first kappa shape index (κ1) is 25.4. The van der Waals surface area contributed by atoms with Gasteiger partial charge in [0.1, 0.15) is 25.0 Å². The normalized spacial score (nSPS) is 13.7. The van der Waals surface area contributed by atoms with Gasteiger partial charge in [-0.2, -0.15) is 0 Å². The van der Waals surface area contributed by atoms with Crippen LogP contribution in [0.15, 0.2) is 36.9 Å². The molecule has 0 saturated carbocycles. The Balaban J connectivity index is 0.00000625. The van der Waals surface area contributed by atoms with E-state index in [1.165, 1.54) is 5.56 Å². The number of ether oxygens (including phenoxy) is 1. The second kappa shape index (κ2) is 10.1. The molecule has 0 aliphatic rings. The summed E-state index contributed by atoms with van der Waals surface area (Å²) in [4.78, 5) is 0. The zero-order valence-corrected chi connectivity index (χ0v) is 19.8. The molecule has 0 aliphatic heterocycles. The number of benzene rings is 1. The Labute approximate surface area is 178 Å². The van der Waals surface area contributed by atoms with E-state index in [-0.39, 0.29) is 29.4 Å². The number of hydrogen-bond acceptors (Lipinski definition) is 2. The lowest BCUT2D eigenvalue weighted by Gasteiger charge is -2.33. The Morgan fingerprint density at radius 1 is 1.12 bits per heavy atom. The van der Waals surface area contributed by atoms with Crippen LogP contribution in [-0.2, 0) is 5.41 Å². The van der Waals surface area contributed by atoms with Crippen LogP contribution in [-0.4, -0.2) is 49.5 Å². The first-order valence-corrected chi connectivity index (χ1v) is 9.19. The highest BCUT2D eigenvalue weighted by Crippen LogP contribution is 2.36. The van der Waals surface area contributed by atoms with E-state index in [0.717, 1.165) is 18.7 Å². The Hall–Kier alpha value is -0.590. The van der Waals surface area contributed by atoms with Gasteiger partial charge in [-0.3, -0.25) is 0 Å². The number of aliphatic hydroxyl groups is 1. The molecular weight excluding hydrogens is 437 g/mol. The van der Waals surface area contributed by atoms with Crippen LogP contribution in [0, 0.1) is 5.41 Å². The van der Waals surface area contributed by atoms with Gasteiger partial charge in [0.15, 0.2) is 0 Å². The smallest absolute Gasteiger partial charge is 0.137 e. The third-order valence-corrected chi connectivity index (χ3v) is 4.38. The molecule has 0 bridgehead atoms. The van der Waals surface area contributed by atoms with E-state index in [4.69, 9.17) is 4.74 Å². The summed E-state index contributed by atoms with van der Waals surface area (Å²) in [7, 11) is 4.16. The second-order valence-corrected chi connectivity index (χ2v) is 9.70. The van der Waals surface area contributed by atoms with Crippen LogP contribution in [0.2, 0.25) is 0 Å². The lowest BCUT2D eigenvalue weighted by Crippen LogP contribution is -3.00. The first-order valence-electron chi connectivity index (χ1n) is 9.19. The van der Waals surface area contributed by atoms with E-state index in [9.17, 15) is 5.11 Å². The average molecular weight is 475 g/mol. The largest absolute Gasteiger partial charge is 1.00 e. The molecule has 1 N–H and O–H groups in total. The van der Waals surface area contributed by atoms with Crippen molar-refractivity contribution in [1.82, 2.24) is 0 Å². The summed E-state index contributed by atoms with van der Waals surface area (Å²) in [6.07, 6.45) is 2.51. The molecule has 0 aromatic heterocycles. The minimum absolute atomic E-state index is 0. The highest BCUT2D eigenvalue weighted by Gasteiger charge is 2.27. The lowest BCUT2D eigenvalue weighted by molar-refractivity contribution is -0.887. The second-order valence-electron chi connectivity index (χ2n) is 9.70. The molecule has 3 nitrogen and oxygen atoms in total. The molecule has 26 heavy (non-hydrogen) atoms. The Kier molecular flexibility index (Phi) is 9.86. The van der Waals surface area contributed by atoms with Gasteiger partial charge < -0.3 is 38.3 Å². The molecule has 1 rings (SSSR count). The van der Waals surface area contributed by atoms with Crippen LogP contribution in [0.5, 0.6) is 5.75 Å². The van der Waals surface area contributed by atoms with Gasteiger partial charge in [0.2, 0.25) is 0 Å². The van der Waals surface area contributed by atoms with Crippen molar-refractivity contribution in [2.45, 2.75) is 52.6 Å². The molecule has 0 fully saturated rings. The van der Waals surface area contributed by atoms with Crippen molar-refractivity contribution in [1.29, 1.82) is 0 Å². The molecule has 0 aliphatic carbocycles. The number of hydrogen-bond donors (Lipinski definition) is 1. The fraction of sp³-hybridized carbons (Fsp3) is 0.636. The van der Waals surface area contributed by atoms with Gasteiger partial charge in [-0.25, -0.2) is 0 Å². The summed E-state index contributed by atoms with van der Waals surface area (Å²) in [6.45, 7) is 17.0. The van der Waals surface area contributed by atoms with Gasteiger partial charge in [-0.1, -0.05) is 53.3 Å². The molecule has 0 saturated heterocycles. The Morgan fingerprint density at radius 2 is 1.65 bits per heavy atom. The maximum absolute atomic E-state index is 10.2. The number of halogens is 1. The van der Waals surface area contributed by atoms with Gasteiger partial charge in [0, 0.05) is 0 Å². The van der Waals surface area contributed by atoms with E-state index < -0.39 is 6.10 Å². The molecular formula is C22H38INO2. The summed E-state index contributed by atoms with van der Waals surface area (Å²) in [5.41, 5.74) is 1.74. The van der Waals surface area contributed by atoms with Crippen LogP contribution in [0.3, 0.4) is 0 Å². The summed E-state index contributed by atoms with van der Waals surface area (Å²) >= 11 is 0. The standard InChI is InChI=1S/C22H38NO2.HI/c1-9-14-23(7,8)15-19(24)16-25-20-12-10-18(11-13-20)22(5,6)17-21(2,3)4;/h9-13,19,24H,1,14-17H2,2-8H3;1H/q+1;/p-1. The summed E-state index contributed by atoms with van der Waals surface area (Å²) < 4.78 is 6.48. The van der Waals surface area contributed by atoms with Crippen molar-refractivity contribution >= 4 is 0 Å². The summed E-state index contributed by atoms with van der Waals surface area (Å²) in [5, 5.41) is 10.2. The molecule has 150 valence electrons. The predicted molar refractivity (Wildman–Crippen MR) is 107 cm³/mol. The van der Waals surface area contributed by atoms with Gasteiger partial charge >= 0.3 is 0 Å². The monoisotopic (exact) mass is 475 g/mol. The van der Waals surface area contributed by atoms with E-state index in [1.54, 1.807) is 0 Å². The number of likely N-dealkylation sites (N-methyl/N-ethyl adjacent to an activating group) is 1. The van der Waals surface area contributed by atoms with Gasteiger partial charge in [0.05, 0.1) is 20.6 Å². The number of nitrogens with zero attached hydrogens (tertiary/aromatic N) is 1. The quantitative estimate of drug-likeness (QED) is 0.333. The van der Waals surface area contributed by atoms with Crippen LogP contribution >= 0.6 is 0 Å². The van der Waals surface area contributed by atoms with Crippen LogP contribution in [0.4, 0.5) is 0 Å². The van der Waals surface area contributed by atoms with Gasteiger partial charge in [-0.05, 0) is 41.0 Å². The third kappa shape index (κ3) is 9.38.